The summed E-state index contributed by atoms with van der Waals surface area (Å²) < 4.78 is 12.8. The molecule has 2 aromatic carbocycles. The van der Waals surface area contributed by atoms with Crippen LogP contribution in [0.3, 0.4) is 0 Å². The Kier molecular flexibility index (Phi) is 9.58. The van der Waals surface area contributed by atoms with E-state index in [2.05, 4.69) is 23.7 Å². The highest BCUT2D eigenvalue weighted by atomic mass is 35.5. The minimum atomic E-state index is -0.209. The molecule has 3 aromatic rings. The molecule has 0 spiro atoms. The summed E-state index contributed by atoms with van der Waals surface area (Å²) in [5, 5.41) is 2.98. The number of ether oxygens (including phenoxy) is 2. The van der Waals surface area contributed by atoms with Gasteiger partial charge in [0.25, 0.3) is 5.91 Å². The van der Waals surface area contributed by atoms with Gasteiger partial charge >= 0.3 is 0 Å². The molecule has 0 fully saturated rings. The molecule has 0 unspecified atom stereocenters. The Morgan fingerprint density at radius 1 is 1.16 bits per heavy atom. The monoisotopic (exact) mass is 526 g/mol. The minimum Gasteiger partial charge on any atom is -0.493 e. The summed E-state index contributed by atoms with van der Waals surface area (Å²) in [5.41, 5.74) is 3.90. The molecule has 198 valence electrons. The van der Waals surface area contributed by atoms with Crippen LogP contribution in [0.15, 0.2) is 36.4 Å². The Morgan fingerprint density at radius 2 is 1.89 bits per heavy atom. The molecule has 8 nitrogen and oxygen atoms in total. The van der Waals surface area contributed by atoms with Crippen LogP contribution in [-0.2, 0) is 17.9 Å². The number of amides is 2. The first-order chi connectivity index (χ1) is 17.7. The molecule has 9 heteroatoms. The summed E-state index contributed by atoms with van der Waals surface area (Å²) >= 11 is 6.60. The number of nitrogens with zero attached hydrogens (tertiary/aromatic N) is 3. The molecule has 1 N–H and O–H groups in total. The van der Waals surface area contributed by atoms with Crippen molar-refractivity contribution < 1.29 is 19.1 Å². The second-order valence-electron chi connectivity index (χ2n) is 9.28. The number of para-hydroxylation sites is 1. The summed E-state index contributed by atoms with van der Waals surface area (Å²) in [4.78, 5) is 31.5. The Morgan fingerprint density at radius 3 is 2.54 bits per heavy atom. The molecule has 0 aliphatic carbocycles. The number of hydrogen-bond donors (Lipinski definition) is 1. The van der Waals surface area contributed by atoms with Crippen LogP contribution in [0, 0.1) is 19.8 Å². The maximum absolute atomic E-state index is 13.8. The summed E-state index contributed by atoms with van der Waals surface area (Å²) in [6, 6.07) is 11.0. The highest BCUT2D eigenvalue weighted by Crippen LogP contribution is 2.38. The van der Waals surface area contributed by atoms with Crippen LogP contribution in [0.1, 0.15) is 53.4 Å². The number of rotatable bonds is 12. The molecule has 0 saturated heterocycles. The average Bonchev–Trinajstić information content (AvgIpc) is 3.14. The average molecular weight is 527 g/mol. The quantitative estimate of drug-likeness (QED) is 0.316. The lowest BCUT2D eigenvalue weighted by atomic mass is 10.1. The SMILES string of the molecule is COc1ccc(C(=O)N(CCC(C)C)Cc2nc(C)c(C)n2Cc2ccccc2NC=O)c(Cl)c1OC. The number of aryl methyl sites for hydroxylation is 1. The Labute approximate surface area is 223 Å². The fraction of sp³-hybridized carbons (Fsp3) is 0.393. The van der Waals surface area contributed by atoms with Crippen molar-refractivity contribution in [2.75, 3.05) is 26.1 Å². The summed E-state index contributed by atoms with van der Waals surface area (Å²) in [5.74, 6) is 1.73. The summed E-state index contributed by atoms with van der Waals surface area (Å²) in [7, 11) is 3.02. The molecule has 0 saturated carbocycles. The maximum Gasteiger partial charge on any atom is 0.255 e. The number of carbonyl (C=O) groups excluding carboxylic acids is 2. The van der Waals surface area contributed by atoms with Crippen molar-refractivity contribution in [3.63, 3.8) is 0 Å². The van der Waals surface area contributed by atoms with E-state index in [1.165, 1.54) is 14.2 Å². The number of nitrogens with one attached hydrogen (secondary N) is 1. The van der Waals surface area contributed by atoms with E-state index in [9.17, 15) is 9.59 Å². The zero-order chi connectivity index (χ0) is 27.1. The third-order valence-electron chi connectivity index (χ3n) is 6.41. The van der Waals surface area contributed by atoms with Gasteiger partial charge in [0.1, 0.15) is 5.82 Å². The van der Waals surface area contributed by atoms with Crippen molar-refractivity contribution in [1.82, 2.24) is 14.5 Å². The first-order valence-corrected chi connectivity index (χ1v) is 12.6. The second-order valence-corrected chi connectivity index (χ2v) is 9.65. The largest absolute Gasteiger partial charge is 0.493 e. The van der Waals surface area contributed by atoms with Gasteiger partial charge in [-0.15, -0.1) is 0 Å². The van der Waals surface area contributed by atoms with Gasteiger partial charge in [0.2, 0.25) is 6.41 Å². The van der Waals surface area contributed by atoms with Crippen LogP contribution in [0.5, 0.6) is 11.5 Å². The van der Waals surface area contributed by atoms with Crippen LogP contribution in [0.4, 0.5) is 5.69 Å². The zero-order valence-corrected chi connectivity index (χ0v) is 23.1. The molecule has 0 bridgehead atoms. The van der Waals surface area contributed by atoms with E-state index in [4.69, 9.17) is 26.1 Å². The predicted molar refractivity (Wildman–Crippen MR) is 146 cm³/mol. The van der Waals surface area contributed by atoms with Crippen LogP contribution < -0.4 is 14.8 Å². The van der Waals surface area contributed by atoms with Crippen LogP contribution >= 0.6 is 11.6 Å². The molecule has 3 rings (SSSR count). The fourth-order valence-electron chi connectivity index (χ4n) is 4.15. The predicted octanol–water partition coefficient (Wildman–Crippen LogP) is 5.48. The van der Waals surface area contributed by atoms with Gasteiger partial charge in [-0.2, -0.15) is 0 Å². The van der Waals surface area contributed by atoms with E-state index in [1.807, 2.05) is 38.1 Å². The molecule has 0 atom stereocenters. The molecular weight excluding hydrogens is 492 g/mol. The van der Waals surface area contributed by atoms with Gasteiger partial charge in [-0.05, 0) is 49.9 Å². The second kappa shape index (κ2) is 12.6. The number of imidazole rings is 1. The number of benzene rings is 2. The van der Waals surface area contributed by atoms with Crippen molar-refractivity contribution in [2.45, 2.75) is 47.2 Å². The zero-order valence-electron chi connectivity index (χ0n) is 22.3. The van der Waals surface area contributed by atoms with Crippen molar-refractivity contribution in [2.24, 2.45) is 5.92 Å². The van der Waals surface area contributed by atoms with E-state index in [0.717, 1.165) is 34.9 Å². The number of aromatic nitrogens is 2. The van der Waals surface area contributed by atoms with E-state index in [-0.39, 0.29) is 10.9 Å². The third-order valence-corrected chi connectivity index (χ3v) is 6.78. The molecular formula is C28H35ClN4O4. The van der Waals surface area contributed by atoms with Gasteiger partial charge in [-0.3, -0.25) is 9.59 Å². The highest BCUT2D eigenvalue weighted by Gasteiger charge is 2.25. The van der Waals surface area contributed by atoms with Gasteiger partial charge in [0.15, 0.2) is 11.5 Å². The number of halogens is 1. The van der Waals surface area contributed by atoms with Gasteiger partial charge in [0.05, 0.1) is 43.6 Å². The Hall–Kier alpha value is -3.52. The number of carbonyl (C=O) groups is 2. The summed E-state index contributed by atoms with van der Waals surface area (Å²) in [6.07, 6.45) is 1.49. The minimum absolute atomic E-state index is 0.209. The van der Waals surface area contributed by atoms with Crippen LogP contribution in [-0.4, -0.2) is 47.5 Å². The van der Waals surface area contributed by atoms with Crippen molar-refractivity contribution in [3.8, 4) is 11.5 Å². The van der Waals surface area contributed by atoms with E-state index in [1.54, 1.807) is 17.0 Å². The van der Waals surface area contributed by atoms with Crippen LogP contribution in [0.25, 0.3) is 0 Å². The third kappa shape index (κ3) is 6.43. The molecule has 1 heterocycles. The first-order valence-electron chi connectivity index (χ1n) is 12.2. The van der Waals surface area contributed by atoms with Crippen molar-refractivity contribution in [1.29, 1.82) is 0 Å². The van der Waals surface area contributed by atoms with Crippen molar-refractivity contribution in [3.05, 3.63) is 69.8 Å². The van der Waals surface area contributed by atoms with E-state index in [0.29, 0.717) is 49.0 Å². The maximum atomic E-state index is 13.8. The lowest BCUT2D eigenvalue weighted by molar-refractivity contribution is -0.105. The molecule has 0 aliphatic heterocycles. The van der Waals surface area contributed by atoms with Gasteiger partial charge in [0, 0.05) is 17.9 Å². The van der Waals surface area contributed by atoms with E-state index >= 15 is 0 Å². The molecule has 37 heavy (non-hydrogen) atoms. The molecule has 0 aliphatic rings. The fourth-order valence-corrected chi connectivity index (χ4v) is 4.46. The number of hydrogen-bond acceptors (Lipinski definition) is 5. The van der Waals surface area contributed by atoms with Crippen molar-refractivity contribution >= 4 is 29.6 Å². The molecule has 0 radical (unpaired) electrons. The lowest BCUT2D eigenvalue weighted by Crippen LogP contribution is -2.33. The van der Waals surface area contributed by atoms with Crippen LogP contribution in [0.2, 0.25) is 5.02 Å². The smallest absolute Gasteiger partial charge is 0.255 e. The Bertz CT molecular complexity index is 1260. The number of methoxy groups -OCH3 is 2. The molecule has 2 amide bonds. The van der Waals surface area contributed by atoms with Gasteiger partial charge in [-0.1, -0.05) is 43.6 Å². The highest BCUT2D eigenvalue weighted by molar-refractivity contribution is 6.35. The normalized spacial score (nSPS) is 10.9. The molecule has 1 aromatic heterocycles. The first kappa shape index (κ1) is 28.1. The Balaban J connectivity index is 2.00. The van der Waals surface area contributed by atoms with Gasteiger partial charge < -0.3 is 24.3 Å². The summed E-state index contributed by atoms with van der Waals surface area (Å²) in [6.45, 7) is 9.55. The number of anilines is 1. The standard InChI is InChI=1S/C28H35ClN4O4/c1-18(2)13-14-32(28(35)22-11-12-24(36-5)27(37-6)26(22)29)16-25-31-19(3)20(4)33(25)15-21-9-7-8-10-23(21)30-17-34/h7-12,17-18H,13-16H2,1-6H3,(H,30,34). The van der Waals surface area contributed by atoms with Gasteiger partial charge in [-0.25, -0.2) is 4.98 Å². The van der Waals surface area contributed by atoms with E-state index < -0.39 is 0 Å². The lowest BCUT2D eigenvalue weighted by Gasteiger charge is -2.25. The topological polar surface area (TPSA) is 85.7 Å².